The van der Waals surface area contributed by atoms with Crippen molar-refractivity contribution in [1.29, 1.82) is 0 Å². The van der Waals surface area contributed by atoms with Crippen molar-refractivity contribution in [3.63, 3.8) is 0 Å². The van der Waals surface area contributed by atoms with Crippen LogP contribution in [0.25, 0.3) is 0 Å². The Bertz CT molecular complexity index is 283. The standard InChI is InChI=1S/C11H18OSi/c1-13(2,3)11-9-6-4-5-8(9)7-10(11)12/h8H,4-7H2,1-3H3/t8-/m0/s1. The molecule has 0 heterocycles. The van der Waals surface area contributed by atoms with E-state index in [2.05, 4.69) is 19.6 Å². The Morgan fingerprint density at radius 1 is 1.31 bits per heavy atom. The molecule has 72 valence electrons. The first-order valence-electron chi connectivity index (χ1n) is 5.27. The molecule has 0 saturated heterocycles. The number of ketones is 1. The monoisotopic (exact) mass is 194 g/mol. The fourth-order valence-electron chi connectivity index (χ4n) is 2.88. The number of rotatable bonds is 1. The van der Waals surface area contributed by atoms with Gasteiger partial charge in [0.1, 0.15) is 0 Å². The van der Waals surface area contributed by atoms with Crippen LogP contribution in [-0.4, -0.2) is 13.9 Å². The number of fused-ring (bicyclic) bond motifs is 1. The molecule has 2 aliphatic rings. The van der Waals surface area contributed by atoms with Gasteiger partial charge in [0.2, 0.25) is 0 Å². The van der Waals surface area contributed by atoms with Crippen LogP contribution in [0.2, 0.25) is 19.6 Å². The van der Waals surface area contributed by atoms with E-state index in [1.807, 2.05) is 0 Å². The number of hydrogen-bond acceptors (Lipinski definition) is 1. The first kappa shape index (κ1) is 9.19. The maximum atomic E-state index is 11.8. The first-order valence-corrected chi connectivity index (χ1v) is 8.77. The summed E-state index contributed by atoms with van der Waals surface area (Å²) >= 11 is 0. The predicted molar refractivity (Wildman–Crippen MR) is 57.3 cm³/mol. The van der Waals surface area contributed by atoms with Crippen LogP contribution in [0.15, 0.2) is 10.8 Å². The normalized spacial score (nSPS) is 28.5. The summed E-state index contributed by atoms with van der Waals surface area (Å²) < 4.78 is 0. The van der Waals surface area contributed by atoms with Gasteiger partial charge in [-0.2, -0.15) is 0 Å². The molecule has 0 aromatic heterocycles. The van der Waals surface area contributed by atoms with Crippen LogP contribution in [0.4, 0.5) is 0 Å². The molecule has 0 aromatic rings. The highest BCUT2D eigenvalue weighted by Crippen LogP contribution is 2.44. The second-order valence-electron chi connectivity index (χ2n) is 5.37. The van der Waals surface area contributed by atoms with Crippen molar-refractivity contribution in [3.05, 3.63) is 10.8 Å². The van der Waals surface area contributed by atoms with Gasteiger partial charge in [-0.3, -0.25) is 4.79 Å². The van der Waals surface area contributed by atoms with Crippen LogP contribution < -0.4 is 0 Å². The van der Waals surface area contributed by atoms with Gasteiger partial charge in [-0.05, 0) is 30.4 Å². The van der Waals surface area contributed by atoms with Crippen molar-refractivity contribution in [1.82, 2.24) is 0 Å². The van der Waals surface area contributed by atoms with Gasteiger partial charge in [-0.15, -0.1) is 0 Å². The van der Waals surface area contributed by atoms with E-state index in [1.54, 1.807) is 5.57 Å². The van der Waals surface area contributed by atoms with Crippen LogP contribution in [0.5, 0.6) is 0 Å². The molecule has 1 nitrogen and oxygen atoms in total. The molecule has 0 bridgehead atoms. The molecule has 0 amide bonds. The van der Waals surface area contributed by atoms with Gasteiger partial charge in [-0.1, -0.05) is 25.2 Å². The molecular formula is C11H18OSi. The molecule has 0 unspecified atom stereocenters. The van der Waals surface area contributed by atoms with E-state index in [0.29, 0.717) is 11.7 Å². The lowest BCUT2D eigenvalue weighted by Gasteiger charge is -2.18. The molecule has 0 aliphatic heterocycles. The van der Waals surface area contributed by atoms with Gasteiger partial charge < -0.3 is 0 Å². The molecule has 0 N–H and O–H groups in total. The lowest BCUT2D eigenvalue weighted by atomic mass is 10.1. The topological polar surface area (TPSA) is 17.1 Å². The Morgan fingerprint density at radius 2 is 2.00 bits per heavy atom. The predicted octanol–water partition coefficient (Wildman–Crippen LogP) is 2.93. The molecule has 13 heavy (non-hydrogen) atoms. The van der Waals surface area contributed by atoms with Gasteiger partial charge in [-0.25, -0.2) is 0 Å². The number of carbonyl (C=O) groups is 1. The maximum Gasteiger partial charge on any atom is 0.155 e. The third kappa shape index (κ3) is 1.41. The van der Waals surface area contributed by atoms with Crippen molar-refractivity contribution in [3.8, 4) is 0 Å². The number of carbonyl (C=O) groups excluding carboxylic acids is 1. The van der Waals surface area contributed by atoms with Crippen molar-refractivity contribution < 1.29 is 4.79 Å². The van der Waals surface area contributed by atoms with E-state index in [-0.39, 0.29) is 0 Å². The van der Waals surface area contributed by atoms with Gasteiger partial charge in [0, 0.05) is 6.42 Å². The van der Waals surface area contributed by atoms with Gasteiger partial charge in [0.25, 0.3) is 0 Å². The average molecular weight is 194 g/mol. The zero-order valence-electron chi connectivity index (χ0n) is 8.81. The summed E-state index contributed by atoms with van der Waals surface area (Å²) in [6, 6.07) is 0. The average Bonchev–Trinajstić information content (AvgIpc) is 2.41. The number of hydrogen-bond donors (Lipinski definition) is 0. The SMILES string of the molecule is C[Si](C)(C)C1=C2CCC[C@H]2CC1=O. The molecule has 1 atom stereocenters. The second kappa shape index (κ2) is 2.81. The zero-order valence-corrected chi connectivity index (χ0v) is 9.81. The van der Waals surface area contributed by atoms with E-state index in [9.17, 15) is 4.79 Å². The lowest BCUT2D eigenvalue weighted by Crippen LogP contribution is -2.28. The molecule has 1 fully saturated rings. The fourth-order valence-corrected chi connectivity index (χ4v) is 5.11. The van der Waals surface area contributed by atoms with Crippen LogP contribution >= 0.6 is 0 Å². The minimum Gasteiger partial charge on any atom is -0.295 e. The summed E-state index contributed by atoms with van der Waals surface area (Å²) in [6.07, 6.45) is 4.65. The number of Topliss-reactive ketones (excluding diaryl/α,β-unsaturated/α-hetero) is 1. The minimum absolute atomic E-state index is 0.485. The summed E-state index contributed by atoms with van der Waals surface area (Å²) in [7, 11) is -1.34. The third-order valence-corrected chi connectivity index (χ3v) is 5.37. The van der Waals surface area contributed by atoms with E-state index >= 15 is 0 Å². The van der Waals surface area contributed by atoms with E-state index in [1.165, 1.54) is 24.5 Å². The Balaban J connectivity index is 2.43. The van der Waals surface area contributed by atoms with Gasteiger partial charge in [0.05, 0.1) is 8.07 Å². The largest absolute Gasteiger partial charge is 0.295 e. The van der Waals surface area contributed by atoms with E-state index in [4.69, 9.17) is 0 Å². The summed E-state index contributed by atoms with van der Waals surface area (Å²) in [5.41, 5.74) is 1.56. The van der Waals surface area contributed by atoms with Crippen molar-refractivity contribution in [2.45, 2.75) is 45.3 Å². The zero-order chi connectivity index (χ0) is 9.64. The van der Waals surface area contributed by atoms with Crippen LogP contribution in [0.3, 0.4) is 0 Å². The first-order chi connectivity index (χ1) is 6.00. The van der Waals surface area contributed by atoms with E-state index in [0.717, 1.165) is 6.42 Å². The van der Waals surface area contributed by atoms with Crippen molar-refractivity contribution in [2.24, 2.45) is 5.92 Å². The molecule has 0 aromatic carbocycles. The summed E-state index contributed by atoms with van der Waals surface area (Å²) in [6.45, 7) is 6.90. The molecule has 0 radical (unpaired) electrons. The quantitative estimate of drug-likeness (QED) is 0.587. The van der Waals surface area contributed by atoms with E-state index < -0.39 is 8.07 Å². The lowest BCUT2D eigenvalue weighted by molar-refractivity contribution is -0.114. The molecule has 0 spiro atoms. The van der Waals surface area contributed by atoms with Gasteiger partial charge >= 0.3 is 0 Å². The highest BCUT2D eigenvalue weighted by Gasteiger charge is 2.40. The Labute approximate surface area is 81.2 Å². The molecular weight excluding hydrogens is 176 g/mol. The summed E-state index contributed by atoms with van der Waals surface area (Å²) in [5, 5.41) is 1.30. The maximum absolute atomic E-state index is 11.8. The highest BCUT2D eigenvalue weighted by molar-refractivity contribution is 6.87. The molecule has 2 rings (SSSR count). The minimum atomic E-state index is -1.34. The third-order valence-electron chi connectivity index (χ3n) is 3.27. The Kier molecular flexibility index (Phi) is 1.99. The molecule has 2 aliphatic carbocycles. The van der Waals surface area contributed by atoms with Crippen molar-refractivity contribution in [2.75, 3.05) is 0 Å². The highest BCUT2D eigenvalue weighted by atomic mass is 28.3. The Hall–Kier alpha value is -0.373. The van der Waals surface area contributed by atoms with Crippen molar-refractivity contribution >= 4 is 13.9 Å². The Morgan fingerprint density at radius 3 is 2.62 bits per heavy atom. The van der Waals surface area contributed by atoms with Crippen LogP contribution in [0.1, 0.15) is 25.7 Å². The second-order valence-corrected chi connectivity index (χ2v) is 10.4. The smallest absolute Gasteiger partial charge is 0.155 e. The molecule has 1 saturated carbocycles. The van der Waals surface area contributed by atoms with Gasteiger partial charge in [0.15, 0.2) is 5.78 Å². The summed E-state index contributed by atoms with van der Waals surface area (Å²) in [5.74, 6) is 1.15. The fraction of sp³-hybridized carbons (Fsp3) is 0.727. The van der Waals surface area contributed by atoms with Crippen LogP contribution in [0, 0.1) is 5.92 Å². The number of allylic oxidation sites excluding steroid dienone is 2. The summed E-state index contributed by atoms with van der Waals surface area (Å²) in [4.78, 5) is 11.8. The van der Waals surface area contributed by atoms with Crippen LogP contribution in [-0.2, 0) is 4.79 Å². The molecule has 2 heteroatoms.